The third-order valence-corrected chi connectivity index (χ3v) is 5.94. The van der Waals surface area contributed by atoms with Crippen molar-refractivity contribution in [3.63, 3.8) is 0 Å². The second-order valence-corrected chi connectivity index (χ2v) is 9.21. The molecule has 0 saturated carbocycles. The highest BCUT2D eigenvalue weighted by Gasteiger charge is 2.15. The molecule has 0 saturated heterocycles. The van der Waals surface area contributed by atoms with Crippen molar-refractivity contribution in [2.45, 2.75) is 26.6 Å². The number of nitrogens with zero attached hydrogens (tertiary/aromatic N) is 1. The minimum Gasteiger partial charge on any atom is -0.490 e. The first-order valence-corrected chi connectivity index (χ1v) is 13.3. The molecule has 9 heteroatoms. The molecule has 4 aromatic rings. The molecule has 1 N–H and O–H groups in total. The first kappa shape index (κ1) is 29.2. The zero-order chi connectivity index (χ0) is 29.0. The van der Waals surface area contributed by atoms with Crippen molar-refractivity contribution in [3.05, 3.63) is 119 Å². The molecule has 1 atom stereocenters. The van der Waals surface area contributed by atoms with Gasteiger partial charge >= 0.3 is 5.97 Å². The van der Waals surface area contributed by atoms with Crippen molar-refractivity contribution in [2.24, 2.45) is 5.10 Å². The highest BCUT2D eigenvalue weighted by Crippen LogP contribution is 2.29. The summed E-state index contributed by atoms with van der Waals surface area (Å²) in [4.78, 5) is 25.0. The predicted octanol–water partition coefficient (Wildman–Crippen LogP) is 6.45. The number of carbonyl (C=O) groups excluding carboxylic acids is 2. The number of amides is 1. The fourth-order valence-corrected chi connectivity index (χ4v) is 3.70. The molecule has 0 spiro atoms. The topological polar surface area (TPSA) is 95.5 Å². The zero-order valence-electron chi connectivity index (χ0n) is 22.6. The van der Waals surface area contributed by atoms with E-state index in [9.17, 15) is 9.59 Å². The van der Waals surface area contributed by atoms with Gasteiger partial charge in [0, 0.05) is 5.02 Å². The smallest absolute Gasteiger partial charge is 0.343 e. The first-order chi connectivity index (χ1) is 19.9. The highest BCUT2D eigenvalue weighted by atomic mass is 35.5. The second kappa shape index (κ2) is 14.5. The Morgan fingerprint density at radius 3 is 2.29 bits per heavy atom. The summed E-state index contributed by atoms with van der Waals surface area (Å²) >= 11 is 5.88. The Labute approximate surface area is 243 Å². The summed E-state index contributed by atoms with van der Waals surface area (Å²) in [5.41, 5.74) is 4.52. The van der Waals surface area contributed by atoms with Crippen molar-refractivity contribution in [2.75, 3.05) is 6.61 Å². The molecule has 8 nitrogen and oxygen atoms in total. The van der Waals surface area contributed by atoms with Crippen LogP contribution in [0.15, 0.2) is 102 Å². The maximum atomic E-state index is 12.5. The molecular formula is C32H29ClN2O6. The summed E-state index contributed by atoms with van der Waals surface area (Å²) in [5.74, 6) is 0.863. The van der Waals surface area contributed by atoms with Gasteiger partial charge in [-0.1, -0.05) is 41.9 Å². The largest absolute Gasteiger partial charge is 0.490 e. The Kier molecular flexibility index (Phi) is 10.3. The molecule has 1 unspecified atom stereocenters. The van der Waals surface area contributed by atoms with Crippen LogP contribution in [-0.2, 0) is 11.4 Å². The number of hydrogen-bond acceptors (Lipinski definition) is 7. The van der Waals surface area contributed by atoms with Crippen LogP contribution in [0.5, 0.6) is 23.0 Å². The first-order valence-electron chi connectivity index (χ1n) is 12.9. The maximum absolute atomic E-state index is 12.5. The van der Waals surface area contributed by atoms with Crippen molar-refractivity contribution >= 4 is 29.7 Å². The number of nitrogens with one attached hydrogen (secondary N) is 1. The van der Waals surface area contributed by atoms with Gasteiger partial charge in [0.15, 0.2) is 17.6 Å². The van der Waals surface area contributed by atoms with Crippen LogP contribution in [0.1, 0.15) is 35.3 Å². The molecule has 0 radical (unpaired) electrons. The molecule has 0 heterocycles. The molecule has 4 rings (SSSR count). The van der Waals surface area contributed by atoms with E-state index in [1.807, 2.05) is 37.3 Å². The molecule has 0 fully saturated rings. The van der Waals surface area contributed by atoms with Gasteiger partial charge in [-0.2, -0.15) is 5.10 Å². The number of esters is 1. The molecule has 4 aromatic carbocycles. The Bertz CT molecular complexity index is 1470. The minimum atomic E-state index is -0.795. The molecular weight excluding hydrogens is 544 g/mol. The van der Waals surface area contributed by atoms with Crippen molar-refractivity contribution in [1.82, 2.24) is 5.43 Å². The maximum Gasteiger partial charge on any atom is 0.343 e. The van der Waals surface area contributed by atoms with Crippen LogP contribution in [0.2, 0.25) is 5.02 Å². The summed E-state index contributed by atoms with van der Waals surface area (Å²) in [6, 6.07) is 28.2. The van der Waals surface area contributed by atoms with Crippen LogP contribution in [0.25, 0.3) is 0 Å². The molecule has 0 aliphatic heterocycles. The number of rotatable bonds is 12. The van der Waals surface area contributed by atoms with Crippen LogP contribution in [-0.4, -0.2) is 30.8 Å². The zero-order valence-corrected chi connectivity index (χ0v) is 23.3. The summed E-state index contributed by atoms with van der Waals surface area (Å²) in [6.07, 6.45) is 0.661. The van der Waals surface area contributed by atoms with Crippen molar-refractivity contribution in [1.29, 1.82) is 0 Å². The Morgan fingerprint density at radius 2 is 1.59 bits per heavy atom. The third-order valence-electron chi connectivity index (χ3n) is 5.69. The molecule has 210 valence electrons. The van der Waals surface area contributed by atoms with E-state index in [1.54, 1.807) is 73.7 Å². The molecule has 41 heavy (non-hydrogen) atoms. The van der Waals surface area contributed by atoms with Gasteiger partial charge in [0.1, 0.15) is 18.1 Å². The number of hydrogen-bond donors (Lipinski definition) is 1. The van der Waals surface area contributed by atoms with Crippen molar-refractivity contribution in [3.8, 4) is 23.0 Å². The van der Waals surface area contributed by atoms with E-state index in [-0.39, 0.29) is 5.75 Å². The lowest BCUT2D eigenvalue weighted by atomic mass is 10.2. The number of carbonyl (C=O) groups is 2. The van der Waals surface area contributed by atoms with Crippen LogP contribution in [0.3, 0.4) is 0 Å². The average molecular weight is 573 g/mol. The highest BCUT2D eigenvalue weighted by molar-refractivity contribution is 6.30. The van der Waals surface area contributed by atoms with Crippen molar-refractivity contribution < 1.29 is 28.5 Å². The summed E-state index contributed by atoms with van der Waals surface area (Å²) in [7, 11) is 0. The van der Waals surface area contributed by atoms with Gasteiger partial charge in [0.2, 0.25) is 0 Å². The molecule has 0 aliphatic rings. The van der Waals surface area contributed by atoms with E-state index >= 15 is 0 Å². The lowest BCUT2D eigenvalue weighted by Gasteiger charge is -2.14. The van der Waals surface area contributed by atoms with Gasteiger partial charge in [-0.25, -0.2) is 10.2 Å². The van der Waals surface area contributed by atoms with E-state index in [4.69, 9.17) is 30.5 Å². The average Bonchev–Trinajstić information content (AvgIpc) is 2.99. The van der Waals surface area contributed by atoms with Crippen LogP contribution >= 0.6 is 11.6 Å². The molecule has 1 amide bonds. The van der Waals surface area contributed by atoms with Crippen LogP contribution < -0.4 is 24.4 Å². The van der Waals surface area contributed by atoms with Crippen LogP contribution in [0.4, 0.5) is 0 Å². The van der Waals surface area contributed by atoms with Gasteiger partial charge in [0.05, 0.1) is 18.4 Å². The van der Waals surface area contributed by atoms with Gasteiger partial charge in [-0.05, 0) is 91.7 Å². The number of hydrazone groups is 1. The van der Waals surface area contributed by atoms with E-state index in [2.05, 4.69) is 10.5 Å². The summed E-state index contributed by atoms with van der Waals surface area (Å²) in [5, 5.41) is 4.54. The summed E-state index contributed by atoms with van der Waals surface area (Å²) < 4.78 is 22.6. The molecule has 0 aromatic heterocycles. The van der Waals surface area contributed by atoms with E-state index in [1.165, 1.54) is 6.21 Å². The Balaban J connectivity index is 1.29. The Hall–Kier alpha value is -4.82. The normalized spacial score (nSPS) is 11.5. The SMILES string of the molecule is CCOc1cc(/C=N/NC(=O)C(C)Oc2ccc(OCc3ccccc3)cc2)ccc1OC(=O)c1ccc(Cl)cc1. The second-order valence-electron chi connectivity index (χ2n) is 8.78. The quantitative estimate of drug-likeness (QED) is 0.0906. The van der Waals surface area contributed by atoms with Gasteiger partial charge < -0.3 is 18.9 Å². The fourth-order valence-electron chi connectivity index (χ4n) is 3.58. The monoisotopic (exact) mass is 572 g/mol. The van der Waals surface area contributed by atoms with Gasteiger partial charge in [-0.3, -0.25) is 4.79 Å². The number of halogens is 1. The van der Waals surface area contributed by atoms with Crippen LogP contribution in [0, 0.1) is 0 Å². The number of benzene rings is 4. The molecule has 0 aliphatic carbocycles. The van der Waals surface area contributed by atoms with E-state index < -0.39 is 18.0 Å². The van der Waals surface area contributed by atoms with Gasteiger partial charge in [-0.15, -0.1) is 0 Å². The molecule has 0 bridgehead atoms. The standard InChI is InChI=1S/C32H29ClN2O6/c1-3-38-30-19-24(9-18-29(30)41-32(37)25-10-12-26(33)13-11-25)20-34-35-31(36)22(2)40-28-16-14-27(15-17-28)39-21-23-7-5-4-6-8-23/h4-20,22H,3,21H2,1-2H3,(H,35,36)/b34-20+. The Morgan fingerprint density at radius 1 is 0.878 bits per heavy atom. The van der Waals surface area contributed by atoms with E-state index in [0.29, 0.717) is 46.6 Å². The van der Waals surface area contributed by atoms with Gasteiger partial charge in [0.25, 0.3) is 5.91 Å². The summed E-state index contributed by atoms with van der Waals surface area (Å²) in [6.45, 7) is 4.26. The fraction of sp³-hybridized carbons (Fsp3) is 0.156. The minimum absolute atomic E-state index is 0.256. The van der Waals surface area contributed by atoms with E-state index in [0.717, 1.165) is 5.56 Å². The lowest BCUT2D eigenvalue weighted by molar-refractivity contribution is -0.127. The predicted molar refractivity (Wildman–Crippen MR) is 157 cm³/mol. The third kappa shape index (κ3) is 8.84. The lowest BCUT2D eigenvalue weighted by Crippen LogP contribution is -2.33. The number of ether oxygens (including phenoxy) is 4.